The Kier molecular flexibility index (Phi) is 5.59. The summed E-state index contributed by atoms with van der Waals surface area (Å²) in [7, 11) is 0. The van der Waals surface area contributed by atoms with Crippen LogP contribution in [0.3, 0.4) is 0 Å². The van der Waals surface area contributed by atoms with Gasteiger partial charge in [0.1, 0.15) is 0 Å². The van der Waals surface area contributed by atoms with Crippen molar-refractivity contribution >= 4 is 28.3 Å². The Morgan fingerprint density at radius 3 is 2.47 bits per heavy atom. The van der Waals surface area contributed by atoms with Gasteiger partial charge in [0.25, 0.3) is 5.69 Å². The number of halogens is 1. The van der Waals surface area contributed by atoms with E-state index in [4.69, 9.17) is 16.6 Å². The summed E-state index contributed by atoms with van der Waals surface area (Å²) >= 11 is 6.55. The van der Waals surface area contributed by atoms with Crippen LogP contribution in [0.15, 0.2) is 66.9 Å². The number of benzene rings is 2. The van der Waals surface area contributed by atoms with E-state index in [1.165, 1.54) is 17.7 Å². The minimum absolute atomic E-state index is 0.0493. The topological polar surface area (TPSA) is 77.1 Å². The van der Waals surface area contributed by atoms with Gasteiger partial charge in [-0.25, -0.2) is 9.67 Å². The number of hydrogen-bond acceptors (Lipinski definition) is 5. The maximum atomic E-state index is 10.9. The zero-order valence-electron chi connectivity index (χ0n) is 17.4. The van der Waals surface area contributed by atoms with Crippen LogP contribution in [0.25, 0.3) is 22.3 Å². The number of pyridine rings is 1. The third-order valence-electron chi connectivity index (χ3n) is 6.04. The molecule has 0 unspecified atom stereocenters. The molecule has 2 aromatic carbocycles. The third kappa shape index (κ3) is 4.09. The van der Waals surface area contributed by atoms with E-state index in [0.29, 0.717) is 10.7 Å². The first-order valence-electron chi connectivity index (χ1n) is 10.6. The van der Waals surface area contributed by atoms with E-state index in [0.717, 1.165) is 49.1 Å². The molecule has 0 atom stereocenters. The molecule has 4 aromatic rings. The van der Waals surface area contributed by atoms with Crippen molar-refractivity contribution in [2.45, 2.75) is 25.4 Å². The number of nitrogens with zero attached hydrogens (tertiary/aromatic N) is 5. The van der Waals surface area contributed by atoms with Crippen LogP contribution in [0.4, 0.5) is 5.69 Å². The molecule has 32 heavy (non-hydrogen) atoms. The van der Waals surface area contributed by atoms with E-state index >= 15 is 0 Å². The number of nitro benzene ring substituents is 1. The van der Waals surface area contributed by atoms with Crippen LogP contribution in [-0.2, 0) is 6.54 Å². The number of non-ortho nitro benzene ring substituents is 1. The van der Waals surface area contributed by atoms with Gasteiger partial charge in [0.05, 0.1) is 33.3 Å². The Labute approximate surface area is 190 Å². The van der Waals surface area contributed by atoms with Crippen molar-refractivity contribution in [1.29, 1.82) is 0 Å². The lowest BCUT2D eigenvalue weighted by Gasteiger charge is -2.32. The van der Waals surface area contributed by atoms with Gasteiger partial charge in [-0.1, -0.05) is 41.9 Å². The summed E-state index contributed by atoms with van der Waals surface area (Å²) in [6, 6.07) is 18.9. The molecule has 0 saturated carbocycles. The molecule has 0 bridgehead atoms. The van der Waals surface area contributed by atoms with Crippen LogP contribution in [0.5, 0.6) is 0 Å². The standard InChI is InChI=1S/C24H22ClN5O2/c25-22-14-23(18-6-8-20(9-7-18)30(31)32)27-24-21(22)15-26-29(24)19-10-12-28(13-11-19)16-17-4-2-1-3-5-17/h1-9,14-15,19H,10-13,16H2. The first-order chi connectivity index (χ1) is 15.6. The molecular formula is C24H22ClN5O2. The normalized spacial score (nSPS) is 15.3. The second-order valence-electron chi connectivity index (χ2n) is 8.11. The number of piperidine rings is 1. The fourth-order valence-electron chi connectivity index (χ4n) is 4.31. The van der Waals surface area contributed by atoms with Crippen LogP contribution < -0.4 is 0 Å². The van der Waals surface area contributed by atoms with Crippen molar-refractivity contribution in [2.75, 3.05) is 13.1 Å². The molecule has 1 aliphatic heterocycles. The molecule has 8 heteroatoms. The minimum atomic E-state index is -0.410. The molecule has 0 aliphatic carbocycles. The minimum Gasteiger partial charge on any atom is -0.299 e. The van der Waals surface area contributed by atoms with E-state index in [1.807, 2.05) is 10.7 Å². The predicted octanol–water partition coefficient (Wildman–Crippen LogP) is 5.50. The molecule has 7 nitrogen and oxygen atoms in total. The zero-order valence-corrected chi connectivity index (χ0v) is 18.2. The lowest BCUT2D eigenvalue weighted by molar-refractivity contribution is -0.384. The number of aromatic nitrogens is 3. The van der Waals surface area contributed by atoms with Gasteiger partial charge in [0.2, 0.25) is 0 Å². The Bertz CT molecular complexity index is 1250. The van der Waals surface area contributed by atoms with Crippen LogP contribution in [0, 0.1) is 10.1 Å². The first-order valence-corrected chi connectivity index (χ1v) is 11.0. The Morgan fingerprint density at radius 2 is 1.78 bits per heavy atom. The van der Waals surface area contributed by atoms with Gasteiger partial charge in [-0.2, -0.15) is 5.10 Å². The van der Waals surface area contributed by atoms with Crippen LogP contribution in [-0.4, -0.2) is 37.7 Å². The van der Waals surface area contributed by atoms with E-state index < -0.39 is 4.92 Å². The largest absolute Gasteiger partial charge is 0.299 e. The molecule has 1 saturated heterocycles. The highest BCUT2D eigenvalue weighted by molar-refractivity contribution is 6.35. The Hall–Kier alpha value is -3.29. The van der Waals surface area contributed by atoms with E-state index in [2.05, 4.69) is 34.3 Å². The van der Waals surface area contributed by atoms with Crippen molar-refractivity contribution in [1.82, 2.24) is 19.7 Å². The zero-order chi connectivity index (χ0) is 22.1. The molecular weight excluding hydrogens is 426 g/mol. The summed E-state index contributed by atoms with van der Waals surface area (Å²) < 4.78 is 2.00. The van der Waals surface area contributed by atoms with E-state index in [9.17, 15) is 10.1 Å². The van der Waals surface area contributed by atoms with Crippen molar-refractivity contribution in [3.8, 4) is 11.3 Å². The van der Waals surface area contributed by atoms with Crippen LogP contribution >= 0.6 is 11.6 Å². The monoisotopic (exact) mass is 447 g/mol. The molecule has 0 amide bonds. The predicted molar refractivity (Wildman–Crippen MR) is 125 cm³/mol. The molecule has 0 radical (unpaired) electrons. The quantitative estimate of drug-likeness (QED) is 0.298. The van der Waals surface area contributed by atoms with Gasteiger partial charge < -0.3 is 0 Å². The fourth-order valence-corrected chi connectivity index (χ4v) is 4.55. The fraction of sp³-hybridized carbons (Fsp3) is 0.250. The van der Waals surface area contributed by atoms with Crippen molar-refractivity contribution in [3.05, 3.63) is 87.6 Å². The van der Waals surface area contributed by atoms with Gasteiger partial charge >= 0.3 is 0 Å². The SMILES string of the molecule is O=[N+]([O-])c1ccc(-c2cc(Cl)c3cnn(C4CCN(Cc5ccccc5)CC4)c3n2)cc1. The molecule has 3 heterocycles. The average Bonchev–Trinajstić information content (AvgIpc) is 3.25. The van der Waals surface area contributed by atoms with Crippen molar-refractivity contribution < 1.29 is 4.92 Å². The summed E-state index contributed by atoms with van der Waals surface area (Å²) in [6.45, 7) is 2.95. The molecule has 2 aromatic heterocycles. The van der Waals surface area contributed by atoms with Crippen molar-refractivity contribution in [3.63, 3.8) is 0 Å². The number of likely N-dealkylation sites (tertiary alicyclic amines) is 1. The number of rotatable bonds is 5. The molecule has 5 rings (SSSR count). The molecule has 0 spiro atoms. The Morgan fingerprint density at radius 1 is 1.06 bits per heavy atom. The highest BCUT2D eigenvalue weighted by atomic mass is 35.5. The van der Waals surface area contributed by atoms with Crippen LogP contribution in [0.2, 0.25) is 5.02 Å². The summed E-state index contributed by atoms with van der Waals surface area (Å²) in [5.41, 5.74) is 3.60. The third-order valence-corrected chi connectivity index (χ3v) is 6.35. The number of nitro groups is 1. The highest BCUT2D eigenvalue weighted by Gasteiger charge is 2.24. The van der Waals surface area contributed by atoms with Gasteiger partial charge in [0.15, 0.2) is 5.65 Å². The number of fused-ring (bicyclic) bond motifs is 1. The summed E-state index contributed by atoms with van der Waals surface area (Å²) in [5, 5.41) is 17.0. The van der Waals surface area contributed by atoms with Gasteiger partial charge in [-0.3, -0.25) is 15.0 Å². The molecule has 0 N–H and O–H groups in total. The Balaban J connectivity index is 1.37. The second kappa shape index (κ2) is 8.68. The first kappa shape index (κ1) is 20.6. The highest BCUT2D eigenvalue weighted by Crippen LogP contribution is 2.32. The molecule has 162 valence electrons. The lowest BCUT2D eigenvalue weighted by Crippen LogP contribution is -2.34. The van der Waals surface area contributed by atoms with E-state index in [-0.39, 0.29) is 11.7 Å². The van der Waals surface area contributed by atoms with Crippen LogP contribution in [0.1, 0.15) is 24.4 Å². The molecule has 1 fully saturated rings. The summed E-state index contributed by atoms with van der Waals surface area (Å²) in [6.07, 6.45) is 3.76. The smallest absolute Gasteiger partial charge is 0.269 e. The van der Waals surface area contributed by atoms with Gasteiger partial charge in [0, 0.05) is 37.3 Å². The summed E-state index contributed by atoms with van der Waals surface area (Å²) in [4.78, 5) is 17.8. The van der Waals surface area contributed by atoms with Gasteiger partial charge in [-0.05, 0) is 36.6 Å². The summed E-state index contributed by atoms with van der Waals surface area (Å²) in [5.74, 6) is 0. The maximum Gasteiger partial charge on any atom is 0.269 e. The second-order valence-corrected chi connectivity index (χ2v) is 8.52. The van der Waals surface area contributed by atoms with Gasteiger partial charge in [-0.15, -0.1) is 0 Å². The number of hydrogen-bond donors (Lipinski definition) is 0. The van der Waals surface area contributed by atoms with E-state index in [1.54, 1.807) is 24.4 Å². The lowest BCUT2D eigenvalue weighted by atomic mass is 10.0. The average molecular weight is 448 g/mol. The van der Waals surface area contributed by atoms with Crippen molar-refractivity contribution in [2.24, 2.45) is 0 Å². The maximum absolute atomic E-state index is 10.9. The molecule has 1 aliphatic rings.